The van der Waals surface area contributed by atoms with Gasteiger partial charge >= 0.3 is 0 Å². The van der Waals surface area contributed by atoms with Crippen molar-refractivity contribution in [2.45, 2.75) is 0 Å². The molecule has 0 bridgehead atoms. The van der Waals surface area contributed by atoms with Gasteiger partial charge in [-0.05, 0) is 63.5 Å². The van der Waals surface area contributed by atoms with Gasteiger partial charge in [-0.3, -0.25) is 0 Å². The molecule has 1 aliphatic heterocycles. The summed E-state index contributed by atoms with van der Waals surface area (Å²) in [6.45, 7) is 0. The van der Waals surface area contributed by atoms with Gasteiger partial charge in [0.15, 0.2) is 0 Å². The quantitative estimate of drug-likeness (QED) is 0.248. The van der Waals surface area contributed by atoms with E-state index in [0.717, 1.165) is 4.24 Å². The summed E-state index contributed by atoms with van der Waals surface area (Å²) >= 11 is 17.4. The summed E-state index contributed by atoms with van der Waals surface area (Å²) < 4.78 is 7.30. The average molecular weight is 492 g/mol. The Labute approximate surface area is 150 Å². The summed E-state index contributed by atoms with van der Waals surface area (Å²) in [5.74, 6) is 0. The van der Waals surface area contributed by atoms with Crippen molar-refractivity contribution in [3.8, 4) is 0 Å². The fourth-order valence-corrected chi connectivity index (χ4v) is 11.8. The van der Waals surface area contributed by atoms with Gasteiger partial charge < -0.3 is 0 Å². The van der Waals surface area contributed by atoms with Crippen LogP contribution in [-0.2, 0) is 0 Å². The Hall–Kier alpha value is 2.97. The molecule has 1 aliphatic rings. The van der Waals surface area contributed by atoms with Crippen molar-refractivity contribution >= 4 is 114 Å². The van der Waals surface area contributed by atoms with Crippen LogP contribution in [0, 0.1) is 0 Å². The van der Waals surface area contributed by atoms with Crippen LogP contribution in [0.1, 0.15) is 0 Å². The summed E-state index contributed by atoms with van der Waals surface area (Å²) in [5.41, 5.74) is 0. The predicted octanol–water partition coefficient (Wildman–Crippen LogP) is 6.60. The first kappa shape index (κ1) is 18.0. The maximum Gasteiger partial charge on any atom is 0.0785 e. The van der Waals surface area contributed by atoms with Crippen LogP contribution in [0.5, 0.6) is 0 Å². The highest BCUT2D eigenvalue weighted by atomic mass is 127. The maximum absolute atomic E-state index is 4.49. The molecule has 0 amide bonds. The van der Waals surface area contributed by atoms with Crippen LogP contribution in [0.2, 0.25) is 0 Å². The molecule has 0 aromatic heterocycles. The first-order valence-corrected chi connectivity index (χ1v) is 13.9. The third-order valence-corrected chi connectivity index (χ3v) is 12.4. The zero-order valence-electron chi connectivity index (χ0n) is 9.13. The normalized spacial score (nSPS) is 18.9. The molecule has 1 heterocycles. The number of rotatable bonds is 6. The van der Waals surface area contributed by atoms with Gasteiger partial charge in [0.1, 0.15) is 0 Å². The monoisotopic (exact) mass is 491 g/mol. The lowest BCUT2D eigenvalue weighted by molar-refractivity contribution is 1.32. The second-order valence-corrected chi connectivity index (χ2v) is 11.8. The third kappa shape index (κ3) is 5.70. The molecule has 0 N–H and O–H groups in total. The van der Waals surface area contributed by atoms with Crippen LogP contribution >= 0.6 is 114 Å². The van der Waals surface area contributed by atoms with Gasteiger partial charge in [0.25, 0.3) is 0 Å². The van der Waals surface area contributed by atoms with Gasteiger partial charge in [-0.2, -0.15) is 0 Å². The number of halogens is 1. The van der Waals surface area contributed by atoms with Gasteiger partial charge in [-0.25, -0.2) is 0 Å². The number of hydrogen-bond donors (Lipinski definition) is 1. The lowest BCUT2D eigenvalue weighted by atomic mass is 11.2. The van der Waals surface area contributed by atoms with Crippen molar-refractivity contribution in [2.24, 2.45) is 0 Å². The number of nitrogens with zero attached hydrogens (tertiary/aromatic N) is 1. The van der Waals surface area contributed by atoms with Crippen LogP contribution < -0.4 is 0 Å². The molecule has 0 fully saturated rings. The molecular weight excluding hydrogens is 482 g/mol. The first-order valence-electron chi connectivity index (χ1n) is 4.08. The standard InChI is InChI=1S/C7H10INS8/c1-11-5-4(10)15-9(16-5)17-7(13-3)6(12-2)14-8/h10H,1-3H3/b7-6-. The number of thiol groups is 1. The van der Waals surface area contributed by atoms with Crippen molar-refractivity contribution < 1.29 is 0 Å². The van der Waals surface area contributed by atoms with Crippen LogP contribution in [0.25, 0.3) is 0 Å². The Morgan fingerprint density at radius 2 is 1.82 bits per heavy atom. The van der Waals surface area contributed by atoms with Crippen molar-refractivity contribution in [3.05, 3.63) is 16.9 Å². The summed E-state index contributed by atoms with van der Waals surface area (Å²) in [6.07, 6.45) is 6.34. The van der Waals surface area contributed by atoms with Crippen LogP contribution in [0.3, 0.4) is 0 Å². The van der Waals surface area contributed by atoms with E-state index in [1.807, 2.05) is 0 Å². The topological polar surface area (TPSA) is 3.24 Å². The molecule has 0 aromatic carbocycles. The van der Waals surface area contributed by atoms with E-state index in [1.165, 1.54) is 12.7 Å². The SMILES string of the molecule is CSC1=C(S)SN(S/C(SC)=C(/SC)SI)S1. The Kier molecular flexibility index (Phi) is 10.4. The van der Waals surface area contributed by atoms with Crippen molar-refractivity contribution in [1.29, 1.82) is 0 Å². The second kappa shape index (κ2) is 9.82. The molecule has 0 aromatic rings. The van der Waals surface area contributed by atoms with E-state index >= 15 is 0 Å². The zero-order chi connectivity index (χ0) is 12.8. The van der Waals surface area contributed by atoms with Gasteiger partial charge in [0.05, 0.1) is 16.9 Å². The minimum absolute atomic E-state index is 1.10. The van der Waals surface area contributed by atoms with Crippen LogP contribution in [-0.4, -0.2) is 21.9 Å². The molecule has 1 nitrogen and oxygen atoms in total. The van der Waals surface area contributed by atoms with Gasteiger partial charge in [0, 0.05) is 21.2 Å². The molecule has 0 aliphatic carbocycles. The van der Waals surface area contributed by atoms with Crippen molar-refractivity contribution in [2.75, 3.05) is 18.8 Å². The molecule has 0 saturated heterocycles. The lowest BCUT2D eigenvalue weighted by Gasteiger charge is -2.14. The average Bonchev–Trinajstić information content (AvgIpc) is 2.69. The third-order valence-electron chi connectivity index (χ3n) is 1.44. The molecule has 0 unspecified atom stereocenters. The summed E-state index contributed by atoms with van der Waals surface area (Å²) in [5, 5.41) is 0. The van der Waals surface area contributed by atoms with Crippen LogP contribution in [0.15, 0.2) is 16.9 Å². The van der Waals surface area contributed by atoms with E-state index < -0.39 is 0 Å². The molecule has 0 radical (unpaired) electrons. The van der Waals surface area contributed by atoms with E-state index in [0.29, 0.717) is 0 Å². The molecule has 0 saturated carbocycles. The minimum atomic E-state index is 1.10. The largest absolute Gasteiger partial charge is 0.134 e. The molecule has 0 spiro atoms. The maximum atomic E-state index is 4.49. The summed E-state index contributed by atoms with van der Waals surface area (Å²) in [4.78, 5) is 0. The lowest BCUT2D eigenvalue weighted by Crippen LogP contribution is -1.89. The van der Waals surface area contributed by atoms with Gasteiger partial charge in [0.2, 0.25) is 0 Å². The highest BCUT2D eigenvalue weighted by Crippen LogP contribution is 2.57. The Morgan fingerprint density at radius 3 is 2.24 bits per heavy atom. The van der Waals surface area contributed by atoms with Crippen molar-refractivity contribution in [3.63, 3.8) is 0 Å². The molecular formula is C7H10INS8. The first-order chi connectivity index (χ1) is 8.15. The molecule has 0 atom stereocenters. The predicted molar refractivity (Wildman–Crippen MR) is 110 cm³/mol. The Morgan fingerprint density at radius 1 is 1.18 bits per heavy atom. The van der Waals surface area contributed by atoms with E-state index in [4.69, 9.17) is 0 Å². The minimum Gasteiger partial charge on any atom is -0.134 e. The highest BCUT2D eigenvalue weighted by molar-refractivity contribution is 14.2. The number of hydrogen-bond acceptors (Lipinski definition) is 9. The smallest absolute Gasteiger partial charge is 0.0785 e. The fourth-order valence-electron chi connectivity index (χ4n) is 0.767. The van der Waals surface area contributed by atoms with E-state index in [-0.39, 0.29) is 0 Å². The summed E-state index contributed by atoms with van der Waals surface area (Å²) in [7, 11) is 1.78. The van der Waals surface area contributed by atoms with Gasteiger partial charge in [-0.1, -0.05) is 0 Å². The van der Waals surface area contributed by atoms with Gasteiger partial charge in [-0.15, -0.1) is 51.0 Å². The zero-order valence-corrected chi connectivity index (χ0v) is 17.9. The van der Waals surface area contributed by atoms with E-state index in [1.54, 1.807) is 80.1 Å². The molecule has 98 valence electrons. The molecule has 10 heteroatoms. The fraction of sp³-hybridized carbons (Fsp3) is 0.429. The Bertz CT molecular complexity index is 324. The molecule has 17 heavy (non-hydrogen) atoms. The van der Waals surface area contributed by atoms with Crippen LogP contribution in [0.4, 0.5) is 0 Å². The highest BCUT2D eigenvalue weighted by Gasteiger charge is 2.24. The van der Waals surface area contributed by atoms with Crippen molar-refractivity contribution in [1.82, 2.24) is 3.12 Å². The number of thioether (sulfide) groups is 3. The molecule has 1 rings (SSSR count). The van der Waals surface area contributed by atoms with E-state index in [2.05, 4.69) is 55.7 Å². The Balaban J connectivity index is 2.64. The van der Waals surface area contributed by atoms with E-state index in [9.17, 15) is 0 Å². The summed E-state index contributed by atoms with van der Waals surface area (Å²) in [6, 6.07) is 0. The second-order valence-electron chi connectivity index (χ2n) is 2.35.